The van der Waals surface area contributed by atoms with Gasteiger partial charge in [0.25, 0.3) is 5.91 Å². The molecule has 0 spiro atoms. The zero-order valence-electron chi connectivity index (χ0n) is 16.7. The Morgan fingerprint density at radius 1 is 1.25 bits per heavy atom. The summed E-state index contributed by atoms with van der Waals surface area (Å²) in [6, 6.07) is 7.70. The van der Waals surface area contributed by atoms with Crippen LogP contribution in [0.4, 0.5) is 0 Å². The Balaban J connectivity index is 1.37. The number of hydrogen-bond acceptors (Lipinski definition) is 3. The molecule has 1 heterocycles. The minimum atomic E-state index is -0.106. The van der Waals surface area contributed by atoms with Gasteiger partial charge >= 0.3 is 0 Å². The highest BCUT2D eigenvalue weighted by molar-refractivity contribution is 5.80. The molecule has 2 amide bonds. The lowest BCUT2D eigenvalue weighted by Gasteiger charge is -2.47. The lowest BCUT2D eigenvalue weighted by atomic mass is 9.69. The van der Waals surface area contributed by atoms with Gasteiger partial charge in [0, 0.05) is 30.6 Å². The van der Waals surface area contributed by atoms with Gasteiger partial charge in [-0.3, -0.25) is 9.59 Å². The lowest BCUT2D eigenvalue weighted by molar-refractivity contribution is -0.134. The quantitative estimate of drug-likeness (QED) is 0.784. The molecule has 1 N–H and O–H groups in total. The number of carbonyl (C=O) groups is 2. The van der Waals surface area contributed by atoms with E-state index in [2.05, 4.69) is 11.4 Å². The summed E-state index contributed by atoms with van der Waals surface area (Å²) in [6.07, 6.45) is 9.30. The summed E-state index contributed by atoms with van der Waals surface area (Å²) in [4.78, 5) is 27.0. The number of rotatable bonds is 7. The van der Waals surface area contributed by atoms with E-state index in [1.807, 2.05) is 36.1 Å². The number of benzene rings is 1. The standard InChI is InChI=1S/C23H30N2O3/c1-17-5-9-19(10-6-17)28-15-21(26)24-16-23-12-3-2-4-20(23)25(14-18-7-8-18)22(27)11-13-23/h4-6,9-10,18H,2-3,7-8,11-16H2,1H3,(H,24,26). The van der Waals surface area contributed by atoms with Crippen LogP contribution in [0.25, 0.3) is 0 Å². The molecule has 2 aliphatic carbocycles. The maximum absolute atomic E-state index is 12.6. The van der Waals surface area contributed by atoms with E-state index in [1.54, 1.807) is 0 Å². The van der Waals surface area contributed by atoms with Gasteiger partial charge in [-0.25, -0.2) is 0 Å². The fraction of sp³-hybridized carbons (Fsp3) is 0.565. The van der Waals surface area contributed by atoms with Crippen LogP contribution in [0.2, 0.25) is 0 Å². The van der Waals surface area contributed by atoms with Crippen LogP contribution in [0.5, 0.6) is 5.75 Å². The molecule has 1 saturated carbocycles. The van der Waals surface area contributed by atoms with Crippen LogP contribution in [-0.4, -0.2) is 36.4 Å². The van der Waals surface area contributed by atoms with Crippen LogP contribution >= 0.6 is 0 Å². The normalized spacial score (nSPS) is 24.4. The third kappa shape index (κ3) is 4.23. The van der Waals surface area contributed by atoms with Crippen molar-refractivity contribution in [3.8, 4) is 5.75 Å². The van der Waals surface area contributed by atoms with Gasteiger partial charge in [0.2, 0.25) is 5.91 Å². The van der Waals surface area contributed by atoms with Gasteiger partial charge in [-0.1, -0.05) is 23.8 Å². The summed E-state index contributed by atoms with van der Waals surface area (Å²) in [5, 5.41) is 3.09. The summed E-state index contributed by atoms with van der Waals surface area (Å²) < 4.78 is 5.60. The third-order valence-corrected chi connectivity index (χ3v) is 6.30. The highest BCUT2D eigenvalue weighted by atomic mass is 16.5. The van der Waals surface area contributed by atoms with E-state index in [0.717, 1.165) is 37.8 Å². The number of piperidine rings is 1. The second-order valence-electron chi connectivity index (χ2n) is 8.59. The minimum Gasteiger partial charge on any atom is -0.484 e. The second kappa shape index (κ2) is 7.98. The molecule has 5 nitrogen and oxygen atoms in total. The van der Waals surface area contributed by atoms with Gasteiger partial charge < -0.3 is 15.0 Å². The van der Waals surface area contributed by atoms with Crippen molar-refractivity contribution in [2.24, 2.45) is 11.3 Å². The molecular formula is C23H30N2O3. The molecule has 1 saturated heterocycles. The maximum Gasteiger partial charge on any atom is 0.257 e. The summed E-state index contributed by atoms with van der Waals surface area (Å²) >= 11 is 0. The summed E-state index contributed by atoms with van der Waals surface area (Å²) in [6.45, 7) is 3.48. The molecule has 3 aliphatic rings. The van der Waals surface area contributed by atoms with Crippen LogP contribution in [-0.2, 0) is 9.59 Å². The number of ether oxygens (including phenoxy) is 1. The molecular weight excluding hydrogens is 352 g/mol. The molecule has 5 heteroatoms. The SMILES string of the molecule is Cc1ccc(OCC(=O)NCC23CCCC=C2N(CC2CC2)C(=O)CC3)cc1. The fourth-order valence-corrected chi connectivity index (χ4v) is 4.42. The molecule has 1 aromatic rings. The van der Waals surface area contributed by atoms with Crippen LogP contribution in [0.3, 0.4) is 0 Å². The first-order valence-electron chi connectivity index (χ1n) is 10.5. The van der Waals surface area contributed by atoms with Crippen LogP contribution < -0.4 is 10.1 Å². The number of likely N-dealkylation sites (tertiary alicyclic amines) is 1. The molecule has 28 heavy (non-hydrogen) atoms. The number of allylic oxidation sites excluding steroid dienone is 1. The highest BCUT2D eigenvalue weighted by Crippen LogP contribution is 2.47. The van der Waals surface area contributed by atoms with Crippen molar-refractivity contribution in [1.29, 1.82) is 0 Å². The first-order valence-corrected chi connectivity index (χ1v) is 10.5. The monoisotopic (exact) mass is 382 g/mol. The number of nitrogens with zero attached hydrogens (tertiary/aromatic N) is 1. The number of fused-ring (bicyclic) bond motifs is 1. The zero-order valence-corrected chi connectivity index (χ0v) is 16.7. The van der Waals surface area contributed by atoms with Crippen molar-refractivity contribution in [3.05, 3.63) is 41.6 Å². The van der Waals surface area contributed by atoms with E-state index in [1.165, 1.54) is 18.5 Å². The first-order chi connectivity index (χ1) is 13.6. The van der Waals surface area contributed by atoms with Gasteiger partial charge in [-0.15, -0.1) is 0 Å². The Labute approximate surface area is 167 Å². The van der Waals surface area contributed by atoms with Crippen LogP contribution in [0.15, 0.2) is 36.0 Å². The molecule has 1 atom stereocenters. The van der Waals surface area contributed by atoms with Crippen molar-refractivity contribution >= 4 is 11.8 Å². The van der Waals surface area contributed by atoms with Crippen LogP contribution in [0.1, 0.15) is 50.5 Å². The van der Waals surface area contributed by atoms with Crippen molar-refractivity contribution in [3.63, 3.8) is 0 Å². The van der Waals surface area contributed by atoms with Gasteiger partial charge in [0.05, 0.1) is 0 Å². The Morgan fingerprint density at radius 2 is 2.04 bits per heavy atom. The van der Waals surface area contributed by atoms with Crippen molar-refractivity contribution in [2.75, 3.05) is 19.7 Å². The summed E-state index contributed by atoms with van der Waals surface area (Å²) in [5.74, 6) is 1.52. The van der Waals surface area contributed by atoms with Gasteiger partial charge in [-0.2, -0.15) is 0 Å². The van der Waals surface area contributed by atoms with E-state index in [0.29, 0.717) is 24.6 Å². The van der Waals surface area contributed by atoms with Crippen LogP contribution in [0, 0.1) is 18.3 Å². The smallest absolute Gasteiger partial charge is 0.257 e. The Morgan fingerprint density at radius 3 is 2.79 bits per heavy atom. The lowest BCUT2D eigenvalue weighted by Crippen LogP contribution is -2.51. The van der Waals surface area contributed by atoms with E-state index in [-0.39, 0.29) is 23.8 Å². The van der Waals surface area contributed by atoms with E-state index in [9.17, 15) is 9.59 Å². The number of nitrogens with one attached hydrogen (secondary N) is 1. The Bertz CT molecular complexity index is 767. The van der Waals surface area contributed by atoms with Gasteiger partial charge in [-0.05, 0) is 63.5 Å². The predicted octanol–water partition coefficient (Wildman–Crippen LogP) is 3.58. The zero-order chi connectivity index (χ0) is 19.6. The number of carbonyl (C=O) groups excluding carboxylic acids is 2. The van der Waals surface area contributed by atoms with Gasteiger partial charge in [0.1, 0.15) is 5.75 Å². The van der Waals surface area contributed by atoms with E-state index >= 15 is 0 Å². The first kappa shape index (κ1) is 19.0. The molecule has 0 radical (unpaired) electrons. The largest absolute Gasteiger partial charge is 0.484 e. The average Bonchev–Trinajstić information content (AvgIpc) is 3.53. The van der Waals surface area contributed by atoms with Crippen molar-refractivity contribution in [1.82, 2.24) is 10.2 Å². The molecule has 0 aromatic heterocycles. The molecule has 0 bridgehead atoms. The Kier molecular flexibility index (Phi) is 5.42. The fourth-order valence-electron chi connectivity index (χ4n) is 4.42. The minimum absolute atomic E-state index is 0.0168. The van der Waals surface area contributed by atoms with E-state index in [4.69, 9.17) is 4.74 Å². The third-order valence-electron chi connectivity index (χ3n) is 6.30. The maximum atomic E-state index is 12.6. The van der Waals surface area contributed by atoms with E-state index < -0.39 is 0 Å². The number of hydrogen-bond donors (Lipinski definition) is 1. The predicted molar refractivity (Wildman–Crippen MR) is 108 cm³/mol. The molecule has 4 rings (SSSR count). The number of aryl methyl sites for hydroxylation is 1. The molecule has 150 valence electrons. The van der Waals surface area contributed by atoms with Gasteiger partial charge in [0.15, 0.2) is 6.61 Å². The number of amides is 2. The molecule has 1 unspecified atom stereocenters. The van der Waals surface area contributed by atoms with Crippen molar-refractivity contribution < 1.29 is 14.3 Å². The average molecular weight is 383 g/mol. The molecule has 2 fully saturated rings. The molecule has 1 aromatic carbocycles. The summed E-state index contributed by atoms with van der Waals surface area (Å²) in [5.41, 5.74) is 2.23. The Hall–Kier alpha value is -2.30. The summed E-state index contributed by atoms with van der Waals surface area (Å²) in [7, 11) is 0. The second-order valence-corrected chi connectivity index (χ2v) is 8.59. The molecule has 1 aliphatic heterocycles. The topological polar surface area (TPSA) is 58.6 Å². The highest BCUT2D eigenvalue weighted by Gasteiger charge is 2.45. The van der Waals surface area contributed by atoms with Crippen molar-refractivity contribution in [2.45, 2.75) is 51.9 Å².